The van der Waals surface area contributed by atoms with Gasteiger partial charge in [-0.3, -0.25) is 0 Å². The van der Waals surface area contributed by atoms with E-state index in [1.54, 1.807) is 0 Å². The van der Waals surface area contributed by atoms with Crippen molar-refractivity contribution in [1.82, 2.24) is 0 Å². The van der Waals surface area contributed by atoms with E-state index in [1.165, 1.54) is 12.8 Å². The molecule has 0 saturated carbocycles. The number of unbranched alkanes of at least 4 members (excludes halogenated alkanes) is 3. The Balaban J connectivity index is 3.03. The molecule has 2 heteroatoms. The molecular formula is C11H23O2. The lowest BCUT2D eigenvalue weighted by Crippen LogP contribution is -2.09. The van der Waals surface area contributed by atoms with E-state index in [4.69, 9.17) is 4.74 Å². The summed E-state index contributed by atoms with van der Waals surface area (Å²) in [5.74, 6) is 0. The maximum Gasteiger partial charge on any atom is 0.0822 e. The molecule has 0 spiro atoms. The fourth-order valence-electron chi connectivity index (χ4n) is 1.24. The summed E-state index contributed by atoms with van der Waals surface area (Å²) in [7, 11) is 0. The van der Waals surface area contributed by atoms with Crippen LogP contribution in [0.5, 0.6) is 0 Å². The van der Waals surface area contributed by atoms with Crippen molar-refractivity contribution in [3.05, 3.63) is 0 Å². The minimum atomic E-state index is 0.0609. The third kappa shape index (κ3) is 9.84. The molecule has 0 fully saturated rings. The van der Waals surface area contributed by atoms with Gasteiger partial charge in [0.15, 0.2) is 0 Å². The first-order valence-electron chi connectivity index (χ1n) is 5.51. The lowest BCUT2D eigenvalue weighted by molar-refractivity contribution is 0.0549. The predicted molar refractivity (Wildman–Crippen MR) is 54.3 cm³/mol. The van der Waals surface area contributed by atoms with Gasteiger partial charge < -0.3 is 4.74 Å². The highest BCUT2D eigenvalue weighted by molar-refractivity contribution is 4.50. The zero-order chi connectivity index (χ0) is 9.94. The largest absolute Gasteiger partial charge is 0.379 e. The smallest absolute Gasteiger partial charge is 0.0822 e. The summed E-state index contributed by atoms with van der Waals surface area (Å²) < 4.78 is 5.59. The second kappa shape index (κ2) is 10.0. The van der Waals surface area contributed by atoms with Crippen LogP contribution in [0.4, 0.5) is 0 Å². The quantitative estimate of drug-likeness (QED) is 0.510. The van der Waals surface area contributed by atoms with Crippen LogP contribution in [0.2, 0.25) is 0 Å². The van der Waals surface area contributed by atoms with Crippen LogP contribution in [0.25, 0.3) is 0 Å². The van der Waals surface area contributed by atoms with Crippen molar-refractivity contribution in [1.29, 1.82) is 0 Å². The van der Waals surface area contributed by atoms with E-state index in [1.807, 2.05) is 0 Å². The highest BCUT2D eigenvalue weighted by atomic mass is 16.5. The van der Waals surface area contributed by atoms with Gasteiger partial charge in [-0.1, -0.05) is 19.8 Å². The van der Waals surface area contributed by atoms with Crippen molar-refractivity contribution in [2.45, 2.75) is 58.5 Å². The van der Waals surface area contributed by atoms with Gasteiger partial charge in [0.2, 0.25) is 0 Å². The first kappa shape index (κ1) is 12.9. The van der Waals surface area contributed by atoms with Gasteiger partial charge in [-0.05, 0) is 32.6 Å². The Hall–Kier alpha value is -0.0800. The van der Waals surface area contributed by atoms with Gasteiger partial charge in [-0.25, -0.2) is 5.11 Å². The van der Waals surface area contributed by atoms with Gasteiger partial charge in [0.1, 0.15) is 0 Å². The van der Waals surface area contributed by atoms with E-state index < -0.39 is 0 Å². The highest BCUT2D eigenvalue weighted by Crippen LogP contribution is 2.05. The average Bonchev–Trinajstić information content (AvgIpc) is 2.14. The second-order valence-electron chi connectivity index (χ2n) is 3.59. The van der Waals surface area contributed by atoms with Gasteiger partial charge in [0.25, 0.3) is 0 Å². The van der Waals surface area contributed by atoms with Crippen molar-refractivity contribution in [3.8, 4) is 0 Å². The molecule has 0 amide bonds. The number of rotatable bonds is 9. The Kier molecular flexibility index (Phi) is 9.94. The van der Waals surface area contributed by atoms with Crippen molar-refractivity contribution in [2.75, 3.05) is 13.2 Å². The summed E-state index contributed by atoms with van der Waals surface area (Å²) in [6, 6.07) is 0. The highest BCUT2D eigenvalue weighted by Gasteiger charge is 2.00. The maximum atomic E-state index is 10.1. The molecular weight excluding hydrogens is 164 g/mol. The van der Waals surface area contributed by atoms with E-state index in [9.17, 15) is 5.11 Å². The van der Waals surface area contributed by atoms with Gasteiger partial charge in [-0.2, -0.15) is 0 Å². The third-order valence-electron chi connectivity index (χ3n) is 2.16. The van der Waals surface area contributed by atoms with Gasteiger partial charge >= 0.3 is 0 Å². The average molecular weight is 187 g/mol. The molecule has 0 heterocycles. The number of ether oxygens (including phenoxy) is 1. The maximum absolute atomic E-state index is 10.1. The standard InChI is InChI=1S/C11H23O2/c1-3-4-8-11(2)13-10-7-5-6-9-12/h11H,3-10H2,1-2H3. The molecule has 0 aromatic carbocycles. The molecule has 0 aromatic rings. The summed E-state index contributed by atoms with van der Waals surface area (Å²) in [6.45, 7) is 5.21. The molecule has 13 heavy (non-hydrogen) atoms. The van der Waals surface area contributed by atoms with Crippen molar-refractivity contribution in [3.63, 3.8) is 0 Å². The number of hydrogen-bond acceptors (Lipinski definition) is 1. The molecule has 2 nitrogen and oxygen atoms in total. The Morgan fingerprint density at radius 3 is 2.54 bits per heavy atom. The minimum absolute atomic E-state index is 0.0609. The monoisotopic (exact) mass is 187 g/mol. The van der Waals surface area contributed by atoms with E-state index in [0.717, 1.165) is 32.3 Å². The SMILES string of the molecule is CCCCC(C)OCCCCC[O]. The lowest BCUT2D eigenvalue weighted by Gasteiger charge is -2.11. The van der Waals surface area contributed by atoms with Crippen LogP contribution >= 0.6 is 0 Å². The normalized spacial score (nSPS) is 13.2. The van der Waals surface area contributed by atoms with Crippen LogP contribution in [0, 0.1) is 0 Å². The molecule has 0 saturated heterocycles. The van der Waals surface area contributed by atoms with Gasteiger partial charge in [0, 0.05) is 6.61 Å². The molecule has 0 aliphatic carbocycles. The van der Waals surface area contributed by atoms with Crippen LogP contribution in [0.1, 0.15) is 52.4 Å². The fraction of sp³-hybridized carbons (Fsp3) is 1.00. The summed E-state index contributed by atoms with van der Waals surface area (Å²) in [5.41, 5.74) is 0. The summed E-state index contributed by atoms with van der Waals surface area (Å²) in [6.07, 6.45) is 6.91. The van der Waals surface area contributed by atoms with Crippen LogP contribution < -0.4 is 0 Å². The predicted octanol–water partition coefficient (Wildman–Crippen LogP) is 3.18. The zero-order valence-electron chi connectivity index (χ0n) is 9.05. The van der Waals surface area contributed by atoms with E-state index >= 15 is 0 Å². The lowest BCUT2D eigenvalue weighted by atomic mass is 10.2. The van der Waals surface area contributed by atoms with E-state index in [-0.39, 0.29) is 6.61 Å². The molecule has 79 valence electrons. The molecule has 1 radical (unpaired) electrons. The Labute approximate surface area is 82.3 Å². The summed E-state index contributed by atoms with van der Waals surface area (Å²) >= 11 is 0. The van der Waals surface area contributed by atoms with Gasteiger partial charge in [0.05, 0.1) is 12.7 Å². The van der Waals surface area contributed by atoms with Crippen LogP contribution in [-0.4, -0.2) is 19.3 Å². The summed E-state index contributed by atoms with van der Waals surface area (Å²) in [4.78, 5) is 0. The van der Waals surface area contributed by atoms with Crippen molar-refractivity contribution < 1.29 is 9.84 Å². The van der Waals surface area contributed by atoms with E-state index in [2.05, 4.69) is 13.8 Å². The molecule has 1 unspecified atom stereocenters. The Morgan fingerprint density at radius 1 is 1.15 bits per heavy atom. The van der Waals surface area contributed by atoms with Crippen molar-refractivity contribution >= 4 is 0 Å². The molecule has 0 bridgehead atoms. The minimum Gasteiger partial charge on any atom is -0.379 e. The van der Waals surface area contributed by atoms with Crippen LogP contribution in [-0.2, 0) is 9.84 Å². The molecule has 0 rings (SSSR count). The van der Waals surface area contributed by atoms with Crippen molar-refractivity contribution in [2.24, 2.45) is 0 Å². The first-order chi connectivity index (χ1) is 6.31. The topological polar surface area (TPSA) is 29.1 Å². The molecule has 0 aliphatic heterocycles. The zero-order valence-corrected chi connectivity index (χ0v) is 9.05. The number of hydrogen-bond donors (Lipinski definition) is 0. The molecule has 0 aliphatic rings. The third-order valence-corrected chi connectivity index (χ3v) is 2.16. The molecule has 0 aromatic heterocycles. The second-order valence-corrected chi connectivity index (χ2v) is 3.59. The molecule has 0 N–H and O–H groups in total. The summed E-state index contributed by atoms with van der Waals surface area (Å²) in [5, 5.41) is 10.1. The van der Waals surface area contributed by atoms with Crippen LogP contribution in [0.3, 0.4) is 0 Å². The van der Waals surface area contributed by atoms with Crippen LogP contribution in [0.15, 0.2) is 0 Å². The fourth-order valence-corrected chi connectivity index (χ4v) is 1.24. The molecule has 1 atom stereocenters. The Morgan fingerprint density at radius 2 is 1.92 bits per heavy atom. The van der Waals surface area contributed by atoms with E-state index in [0.29, 0.717) is 6.10 Å². The Bertz CT molecular complexity index is 94.1. The van der Waals surface area contributed by atoms with Gasteiger partial charge in [-0.15, -0.1) is 0 Å². The first-order valence-corrected chi connectivity index (χ1v) is 5.51.